The van der Waals surface area contributed by atoms with Gasteiger partial charge in [-0.1, -0.05) is 109 Å². The number of benzene rings is 6. The lowest BCUT2D eigenvalue weighted by Gasteiger charge is -2.27. The Labute approximate surface area is 233 Å². The number of carbonyl (C=O) groups excluding carboxylic acids is 2. The van der Waals surface area contributed by atoms with Crippen LogP contribution in [0.4, 0.5) is 22.7 Å². The van der Waals surface area contributed by atoms with Crippen LogP contribution in [0.25, 0.3) is 21.5 Å². The molecule has 6 aromatic rings. The summed E-state index contributed by atoms with van der Waals surface area (Å²) in [7, 11) is 0. The quantitative estimate of drug-likeness (QED) is 0.211. The highest BCUT2D eigenvalue weighted by Gasteiger charge is 2.24. The number of hydrogen-bond donors (Lipinski definition) is 0. The van der Waals surface area contributed by atoms with Crippen LogP contribution in [0.1, 0.15) is 12.8 Å². The molecular weight excluding hydrogens is 492 g/mol. The Morgan fingerprint density at radius 2 is 0.750 bits per heavy atom. The monoisotopic (exact) mass is 520 g/mol. The van der Waals surface area contributed by atoms with Crippen molar-refractivity contribution in [2.75, 3.05) is 9.80 Å². The van der Waals surface area contributed by atoms with Crippen LogP contribution >= 0.6 is 0 Å². The molecule has 6 aromatic carbocycles. The van der Waals surface area contributed by atoms with Gasteiger partial charge < -0.3 is 0 Å². The predicted octanol–water partition coefficient (Wildman–Crippen LogP) is 8.80. The Balaban J connectivity index is 1.34. The standard InChI is InChI=1S/C36H28N2O2/c39-35(37(29-17-3-1-4-18-29)33-23-11-15-27-13-7-9-21-31(27)33)25-26-36(40)38(30-19-5-2-6-20-30)34-24-12-16-28-14-8-10-22-32(28)34/h1-24H,25-26H2. The van der Waals surface area contributed by atoms with E-state index in [1.165, 1.54) is 0 Å². The first-order chi connectivity index (χ1) is 19.7. The number of fused-ring (bicyclic) bond motifs is 2. The highest BCUT2D eigenvalue weighted by atomic mass is 16.2. The molecule has 6 rings (SSSR count). The van der Waals surface area contributed by atoms with Crippen LogP contribution in [0.3, 0.4) is 0 Å². The van der Waals surface area contributed by atoms with Crippen LogP contribution in [-0.4, -0.2) is 11.8 Å². The summed E-state index contributed by atoms with van der Waals surface area (Å²) >= 11 is 0. The number of carbonyl (C=O) groups is 2. The minimum atomic E-state index is -0.137. The third kappa shape index (κ3) is 4.95. The molecule has 4 nitrogen and oxygen atoms in total. The van der Waals surface area contributed by atoms with E-state index < -0.39 is 0 Å². The SMILES string of the molecule is O=C(CCC(=O)N(c1ccccc1)c1cccc2ccccc12)N(c1ccccc1)c1cccc2ccccc12. The molecule has 0 saturated carbocycles. The van der Waals surface area contributed by atoms with Crippen LogP contribution in [0.15, 0.2) is 146 Å². The van der Waals surface area contributed by atoms with Gasteiger partial charge in [0.15, 0.2) is 0 Å². The van der Waals surface area contributed by atoms with E-state index in [2.05, 4.69) is 0 Å². The van der Waals surface area contributed by atoms with Gasteiger partial charge in [-0.15, -0.1) is 0 Å². The lowest BCUT2D eigenvalue weighted by Crippen LogP contribution is -2.30. The van der Waals surface area contributed by atoms with Crippen LogP contribution in [-0.2, 0) is 9.59 Å². The molecule has 194 valence electrons. The Bertz CT molecular complexity index is 1650. The Morgan fingerprint density at radius 1 is 0.400 bits per heavy atom. The van der Waals surface area contributed by atoms with Gasteiger partial charge in [-0.3, -0.25) is 19.4 Å². The van der Waals surface area contributed by atoms with Crippen molar-refractivity contribution in [2.45, 2.75) is 12.8 Å². The maximum atomic E-state index is 14.0. The number of hydrogen-bond acceptors (Lipinski definition) is 2. The van der Waals surface area contributed by atoms with Crippen LogP contribution in [0, 0.1) is 0 Å². The minimum absolute atomic E-state index is 0.0606. The molecule has 2 amide bonds. The Hall–Kier alpha value is -5.22. The van der Waals surface area contributed by atoms with E-state index in [1.807, 2.05) is 146 Å². The van der Waals surface area contributed by atoms with Crippen molar-refractivity contribution < 1.29 is 9.59 Å². The van der Waals surface area contributed by atoms with Crippen LogP contribution in [0.2, 0.25) is 0 Å². The highest BCUT2D eigenvalue weighted by Crippen LogP contribution is 2.35. The van der Waals surface area contributed by atoms with Gasteiger partial charge in [0.2, 0.25) is 11.8 Å². The summed E-state index contributed by atoms with van der Waals surface area (Å²) in [5, 5.41) is 4.07. The van der Waals surface area contributed by atoms with E-state index in [9.17, 15) is 9.59 Å². The maximum Gasteiger partial charge on any atom is 0.232 e. The summed E-state index contributed by atoms with van der Waals surface area (Å²) in [6.45, 7) is 0. The number of rotatable bonds is 7. The second-order valence-corrected chi connectivity index (χ2v) is 9.63. The minimum Gasteiger partial charge on any atom is -0.280 e. The van der Waals surface area contributed by atoms with E-state index in [1.54, 1.807) is 9.80 Å². The van der Waals surface area contributed by atoms with Gasteiger partial charge in [-0.25, -0.2) is 0 Å². The summed E-state index contributed by atoms with van der Waals surface area (Å²) in [6.07, 6.45) is 0.121. The maximum absolute atomic E-state index is 14.0. The van der Waals surface area contributed by atoms with Crippen molar-refractivity contribution in [3.8, 4) is 0 Å². The number of anilines is 4. The average Bonchev–Trinajstić information content (AvgIpc) is 3.02. The first kappa shape index (κ1) is 25.1. The highest BCUT2D eigenvalue weighted by molar-refractivity contribution is 6.12. The Kier molecular flexibility index (Phi) is 7.06. The lowest BCUT2D eigenvalue weighted by atomic mass is 10.1. The topological polar surface area (TPSA) is 40.6 Å². The smallest absolute Gasteiger partial charge is 0.232 e. The molecular formula is C36H28N2O2. The predicted molar refractivity (Wildman–Crippen MR) is 164 cm³/mol. The van der Waals surface area contributed by atoms with Crippen LogP contribution < -0.4 is 9.80 Å². The molecule has 0 spiro atoms. The van der Waals surface area contributed by atoms with E-state index in [-0.39, 0.29) is 24.7 Å². The van der Waals surface area contributed by atoms with Crippen molar-refractivity contribution in [1.82, 2.24) is 0 Å². The third-order valence-electron chi connectivity index (χ3n) is 7.10. The van der Waals surface area contributed by atoms with Crippen molar-refractivity contribution in [3.63, 3.8) is 0 Å². The summed E-state index contributed by atoms with van der Waals surface area (Å²) in [5.74, 6) is -0.274. The van der Waals surface area contributed by atoms with Gasteiger partial charge in [0.05, 0.1) is 11.4 Å². The number of para-hydroxylation sites is 2. The summed E-state index contributed by atoms with van der Waals surface area (Å²) < 4.78 is 0. The molecule has 4 heteroatoms. The zero-order valence-electron chi connectivity index (χ0n) is 22.0. The summed E-state index contributed by atoms with van der Waals surface area (Å²) in [6, 6.07) is 47.2. The summed E-state index contributed by atoms with van der Waals surface area (Å²) in [4.78, 5) is 31.4. The van der Waals surface area contributed by atoms with Crippen molar-refractivity contribution in [3.05, 3.63) is 146 Å². The number of amides is 2. The molecule has 0 unspecified atom stereocenters. The van der Waals surface area contributed by atoms with Gasteiger partial charge in [0.1, 0.15) is 0 Å². The fraction of sp³-hybridized carbons (Fsp3) is 0.0556. The average molecular weight is 521 g/mol. The molecule has 0 atom stereocenters. The molecule has 0 aromatic heterocycles. The number of nitrogens with zero attached hydrogens (tertiary/aromatic N) is 2. The van der Waals surface area contributed by atoms with Crippen molar-refractivity contribution >= 4 is 56.1 Å². The van der Waals surface area contributed by atoms with Gasteiger partial charge in [0, 0.05) is 35.0 Å². The second-order valence-electron chi connectivity index (χ2n) is 9.63. The molecule has 0 aliphatic heterocycles. The van der Waals surface area contributed by atoms with E-state index >= 15 is 0 Å². The lowest BCUT2D eigenvalue weighted by molar-refractivity contribution is -0.123. The molecule has 0 bridgehead atoms. The van der Waals surface area contributed by atoms with E-state index in [0.717, 1.165) is 44.3 Å². The molecule has 40 heavy (non-hydrogen) atoms. The molecule has 0 aliphatic rings. The molecule has 0 heterocycles. The second kappa shape index (κ2) is 11.3. The van der Waals surface area contributed by atoms with Gasteiger partial charge in [0.25, 0.3) is 0 Å². The molecule has 0 N–H and O–H groups in total. The molecule has 0 aliphatic carbocycles. The van der Waals surface area contributed by atoms with Gasteiger partial charge in [-0.05, 0) is 47.2 Å². The molecule has 0 radical (unpaired) electrons. The molecule has 0 fully saturated rings. The largest absolute Gasteiger partial charge is 0.280 e. The first-order valence-corrected chi connectivity index (χ1v) is 13.4. The zero-order valence-corrected chi connectivity index (χ0v) is 22.0. The zero-order chi connectivity index (χ0) is 27.3. The van der Waals surface area contributed by atoms with E-state index in [4.69, 9.17) is 0 Å². The third-order valence-corrected chi connectivity index (χ3v) is 7.10. The van der Waals surface area contributed by atoms with Crippen LogP contribution in [0.5, 0.6) is 0 Å². The van der Waals surface area contributed by atoms with Gasteiger partial charge >= 0.3 is 0 Å². The normalized spacial score (nSPS) is 10.9. The fourth-order valence-electron chi connectivity index (χ4n) is 5.23. The van der Waals surface area contributed by atoms with E-state index in [0.29, 0.717) is 0 Å². The molecule has 0 saturated heterocycles. The fourth-order valence-corrected chi connectivity index (χ4v) is 5.23. The Morgan fingerprint density at radius 3 is 1.18 bits per heavy atom. The van der Waals surface area contributed by atoms with Gasteiger partial charge in [-0.2, -0.15) is 0 Å². The summed E-state index contributed by atoms with van der Waals surface area (Å²) in [5.41, 5.74) is 3.14. The van der Waals surface area contributed by atoms with Crippen molar-refractivity contribution in [1.29, 1.82) is 0 Å². The van der Waals surface area contributed by atoms with Crippen molar-refractivity contribution in [2.24, 2.45) is 0 Å². The first-order valence-electron chi connectivity index (χ1n) is 13.4.